The quantitative estimate of drug-likeness (QED) is 0.623. The highest BCUT2D eigenvalue weighted by Crippen LogP contribution is 2.22. The van der Waals surface area contributed by atoms with Gasteiger partial charge in [0.15, 0.2) is 0 Å². The Morgan fingerprint density at radius 1 is 1.30 bits per heavy atom. The zero-order valence-electron chi connectivity index (χ0n) is 15.6. The maximum Gasteiger partial charge on any atom is 0.277 e. The van der Waals surface area contributed by atoms with Crippen LogP contribution in [0.1, 0.15) is 30.1 Å². The number of rotatable bonds is 7. The number of benzene rings is 1. The number of hydrogen-bond acceptors (Lipinski definition) is 7. The molecule has 1 atom stereocenters. The van der Waals surface area contributed by atoms with Crippen LogP contribution < -0.4 is 10.1 Å². The molecule has 0 saturated heterocycles. The van der Waals surface area contributed by atoms with Gasteiger partial charge in [0.2, 0.25) is 11.8 Å². The van der Waals surface area contributed by atoms with E-state index in [9.17, 15) is 4.79 Å². The Bertz CT molecular complexity index is 919. The second-order valence-corrected chi connectivity index (χ2v) is 6.89. The summed E-state index contributed by atoms with van der Waals surface area (Å²) in [6.45, 7) is 5.62. The molecule has 3 aromatic rings. The lowest BCUT2D eigenvalue weighted by atomic mass is 10.1. The van der Waals surface area contributed by atoms with Crippen LogP contribution >= 0.6 is 11.8 Å². The van der Waals surface area contributed by atoms with Crippen LogP contribution in [-0.2, 0) is 4.79 Å². The van der Waals surface area contributed by atoms with Gasteiger partial charge in [-0.1, -0.05) is 11.8 Å². The van der Waals surface area contributed by atoms with Crippen molar-refractivity contribution >= 4 is 17.7 Å². The molecule has 0 aliphatic rings. The number of thioether (sulfide) groups is 1. The molecule has 3 rings (SSSR count). The third kappa shape index (κ3) is 4.48. The Balaban J connectivity index is 1.63. The number of ether oxygens (including phenoxy) is 1. The van der Waals surface area contributed by atoms with Crippen LogP contribution in [-0.4, -0.2) is 38.7 Å². The average Bonchev–Trinajstić information content (AvgIpc) is 3.25. The Morgan fingerprint density at radius 2 is 2.04 bits per heavy atom. The molecule has 0 bridgehead atoms. The second kappa shape index (κ2) is 8.26. The predicted octanol–water partition coefficient (Wildman–Crippen LogP) is 2.85. The molecule has 0 radical (unpaired) electrons. The maximum absolute atomic E-state index is 12.2. The molecular weight excluding hydrogens is 366 g/mol. The van der Waals surface area contributed by atoms with Gasteiger partial charge >= 0.3 is 0 Å². The van der Waals surface area contributed by atoms with Crippen molar-refractivity contribution in [1.82, 2.24) is 25.3 Å². The zero-order chi connectivity index (χ0) is 19.4. The first-order valence-electron chi connectivity index (χ1n) is 8.39. The zero-order valence-corrected chi connectivity index (χ0v) is 16.4. The third-order valence-electron chi connectivity index (χ3n) is 4.04. The monoisotopic (exact) mass is 387 g/mol. The fraction of sp³-hybridized carbons (Fsp3) is 0.333. The fourth-order valence-electron chi connectivity index (χ4n) is 2.66. The molecule has 0 saturated carbocycles. The van der Waals surface area contributed by atoms with Crippen molar-refractivity contribution < 1.29 is 13.9 Å². The molecule has 1 aromatic carbocycles. The molecule has 0 aliphatic carbocycles. The lowest BCUT2D eigenvalue weighted by molar-refractivity contribution is -0.119. The molecule has 9 heteroatoms. The van der Waals surface area contributed by atoms with Gasteiger partial charge < -0.3 is 14.5 Å². The van der Waals surface area contributed by atoms with Crippen LogP contribution in [0, 0.1) is 13.8 Å². The first-order valence-corrected chi connectivity index (χ1v) is 9.37. The van der Waals surface area contributed by atoms with Crippen molar-refractivity contribution in [2.45, 2.75) is 32.0 Å². The molecule has 0 fully saturated rings. The summed E-state index contributed by atoms with van der Waals surface area (Å²) < 4.78 is 12.3. The molecule has 8 nitrogen and oxygen atoms in total. The molecule has 1 amide bonds. The standard InChI is InChI=1S/C18H21N5O3S/c1-11(20-17(24)10-27-18-22-21-13(3)26-18)16-9-19-23(12(16)2)14-5-7-15(25-4)8-6-14/h5-9,11H,10H2,1-4H3,(H,20,24)/t11-/m0/s1. The van der Waals surface area contributed by atoms with Gasteiger partial charge in [-0.05, 0) is 38.1 Å². The SMILES string of the molecule is COc1ccc(-n2ncc([C@H](C)NC(=O)CSc3nnc(C)o3)c2C)cc1. The maximum atomic E-state index is 12.2. The minimum absolute atomic E-state index is 0.111. The van der Waals surface area contributed by atoms with Crippen molar-refractivity contribution in [3.8, 4) is 11.4 Å². The molecule has 2 aromatic heterocycles. The van der Waals surface area contributed by atoms with Gasteiger partial charge in [0.25, 0.3) is 5.22 Å². The van der Waals surface area contributed by atoms with Crippen molar-refractivity contribution in [3.05, 3.63) is 47.6 Å². The van der Waals surface area contributed by atoms with Crippen LogP contribution in [0.5, 0.6) is 5.75 Å². The summed E-state index contributed by atoms with van der Waals surface area (Å²) >= 11 is 1.21. The number of amides is 1. The van der Waals surface area contributed by atoms with E-state index in [4.69, 9.17) is 9.15 Å². The third-order valence-corrected chi connectivity index (χ3v) is 4.86. The van der Waals surface area contributed by atoms with E-state index >= 15 is 0 Å². The van der Waals surface area contributed by atoms with E-state index in [1.165, 1.54) is 11.8 Å². The molecule has 1 N–H and O–H groups in total. The van der Waals surface area contributed by atoms with Crippen LogP contribution in [0.15, 0.2) is 40.1 Å². The number of methoxy groups -OCH3 is 1. The van der Waals surface area contributed by atoms with Gasteiger partial charge in [0.1, 0.15) is 5.75 Å². The topological polar surface area (TPSA) is 95.1 Å². The summed E-state index contributed by atoms with van der Waals surface area (Å²) in [4.78, 5) is 12.2. The van der Waals surface area contributed by atoms with E-state index < -0.39 is 0 Å². The summed E-state index contributed by atoms with van der Waals surface area (Å²) in [5.41, 5.74) is 2.85. The van der Waals surface area contributed by atoms with Gasteiger partial charge in [-0.3, -0.25) is 4.79 Å². The largest absolute Gasteiger partial charge is 0.497 e. The smallest absolute Gasteiger partial charge is 0.277 e. The number of aryl methyl sites for hydroxylation is 1. The van der Waals surface area contributed by atoms with Crippen molar-refractivity contribution in [2.75, 3.05) is 12.9 Å². The van der Waals surface area contributed by atoms with E-state index in [0.29, 0.717) is 11.1 Å². The molecule has 27 heavy (non-hydrogen) atoms. The normalized spacial score (nSPS) is 12.0. The molecule has 0 aliphatic heterocycles. The summed E-state index contributed by atoms with van der Waals surface area (Å²) in [5.74, 6) is 1.36. The van der Waals surface area contributed by atoms with Crippen LogP contribution in [0.3, 0.4) is 0 Å². The Kier molecular flexibility index (Phi) is 5.80. The number of carbonyl (C=O) groups is 1. The van der Waals surface area contributed by atoms with Crippen LogP contribution in [0.25, 0.3) is 5.69 Å². The molecule has 2 heterocycles. The Labute approximate surface area is 161 Å². The predicted molar refractivity (Wildman–Crippen MR) is 101 cm³/mol. The minimum atomic E-state index is -0.172. The lowest BCUT2D eigenvalue weighted by Crippen LogP contribution is -2.28. The second-order valence-electron chi connectivity index (χ2n) is 5.96. The van der Waals surface area contributed by atoms with Crippen molar-refractivity contribution in [2.24, 2.45) is 0 Å². The first kappa shape index (κ1) is 19.0. The van der Waals surface area contributed by atoms with E-state index in [1.807, 2.05) is 42.8 Å². The van der Waals surface area contributed by atoms with E-state index in [2.05, 4.69) is 20.6 Å². The van der Waals surface area contributed by atoms with E-state index in [0.717, 1.165) is 22.7 Å². The van der Waals surface area contributed by atoms with Gasteiger partial charge in [-0.15, -0.1) is 10.2 Å². The fourth-order valence-corrected chi connectivity index (χ4v) is 3.27. The molecule has 142 valence electrons. The molecular formula is C18H21N5O3S. The van der Waals surface area contributed by atoms with E-state index in [1.54, 1.807) is 20.2 Å². The Morgan fingerprint density at radius 3 is 2.67 bits per heavy atom. The number of nitrogens with zero attached hydrogens (tertiary/aromatic N) is 4. The molecule has 0 spiro atoms. The highest BCUT2D eigenvalue weighted by molar-refractivity contribution is 7.99. The Hall–Kier alpha value is -2.81. The highest BCUT2D eigenvalue weighted by atomic mass is 32.2. The van der Waals surface area contributed by atoms with Crippen molar-refractivity contribution in [3.63, 3.8) is 0 Å². The minimum Gasteiger partial charge on any atom is -0.497 e. The summed E-state index contributed by atoms with van der Waals surface area (Å²) in [6.07, 6.45) is 1.78. The number of aromatic nitrogens is 4. The first-order chi connectivity index (χ1) is 13.0. The van der Waals surface area contributed by atoms with Gasteiger partial charge in [0, 0.05) is 18.2 Å². The van der Waals surface area contributed by atoms with Crippen molar-refractivity contribution in [1.29, 1.82) is 0 Å². The highest BCUT2D eigenvalue weighted by Gasteiger charge is 2.17. The lowest BCUT2D eigenvalue weighted by Gasteiger charge is -2.14. The average molecular weight is 387 g/mol. The van der Waals surface area contributed by atoms with Gasteiger partial charge in [0.05, 0.1) is 30.8 Å². The number of carbonyl (C=O) groups excluding carboxylic acids is 1. The summed E-state index contributed by atoms with van der Waals surface area (Å²) in [7, 11) is 1.63. The van der Waals surface area contributed by atoms with Crippen LogP contribution in [0.4, 0.5) is 0 Å². The number of nitrogens with one attached hydrogen (secondary N) is 1. The summed E-state index contributed by atoms with van der Waals surface area (Å²) in [6, 6.07) is 7.48. The van der Waals surface area contributed by atoms with E-state index in [-0.39, 0.29) is 17.7 Å². The van der Waals surface area contributed by atoms with Gasteiger partial charge in [-0.2, -0.15) is 5.10 Å². The molecule has 0 unspecified atom stereocenters. The van der Waals surface area contributed by atoms with Gasteiger partial charge in [-0.25, -0.2) is 4.68 Å². The summed E-state index contributed by atoms with van der Waals surface area (Å²) in [5, 5.41) is 15.4. The van der Waals surface area contributed by atoms with Crippen LogP contribution in [0.2, 0.25) is 0 Å². The number of hydrogen-bond donors (Lipinski definition) is 1.